The maximum atomic E-state index is 12.4. The van der Waals surface area contributed by atoms with E-state index in [0.717, 1.165) is 17.7 Å². The molecule has 1 aliphatic rings. The summed E-state index contributed by atoms with van der Waals surface area (Å²) in [6, 6.07) is 20.8. The molecule has 1 atom stereocenters. The number of nitrogens with zero attached hydrogens (tertiary/aromatic N) is 2. The zero-order valence-corrected chi connectivity index (χ0v) is 14.2. The largest absolute Gasteiger partial charge is 0.489 e. The van der Waals surface area contributed by atoms with Crippen molar-refractivity contribution in [2.45, 2.75) is 12.5 Å². The number of carbonyl (C=O) groups is 1. The van der Waals surface area contributed by atoms with Crippen molar-refractivity contribution in [3.05, 3.63) is 66.7 Å². The van der Waals surface area contributed by atoms with Crippen LogP contribution in [0.2, 0.25) is 0 Å². The summed E-state index contributed by atoms with van der Waals surface area (Å²) in [7, 11) is 0. The number of para-hydroxylation sites is 1. The minimum Gasteiger partial charge on any atom is -0.489 e. The topological polar surface area (TPSA) is 67.6 Å². The summed E-state index contributed by atoms with van der Waals surface area (Å²) in [5, 5.41) is 6.71. The van der Waals surface area contributed by atoms with E-state index in [4.69, 9.17) is 9.26 Å². The molecule has 0 unspecified atom stereocenters. The molecule has 6 heteroatoms. The van der Waals surface area contributed by atoms with Gasteiger partial charge in [-0.25, -0.2) is 4.79 Å². The molecule has 2 amide bonds. The van der Waals surface area contributed by atoms with Crippen molar-refractivity contribution in [2.24, 2.45) is 0 Å². The van der Waals surface area contributed by atoms with Gasteiger partial charge in [0.15, 0.2) is 11.6 Å². The molecule has 6 nitrogen and oxygen atoms in total. The third-order valence-electron chi connectivity index (χ3n) is 4.28. The van der Waals surface area contributed by atoms with Crippen molar-refractivity contribution in [3.8, 4) is 17.1 Å². The second-order valence-corrected chi connectivity index (χ2v) is 6.16. The molecule has 0 aliphatic carbocycles. The van der Waals surface area contributed by atoms with Gasteiger partial charge in [-0.15, -0.1) is 0 Å². The van der Waals surface area contributed by atoms with E-state index in [-0.39, 0.29) is 12.1 Å². The van der Waals surface area contributed by atoms with Crippen LogP contribution in [-0.2, 0) is 0 Å². The summed E-state index contributed by atoms with van der Waals surface area (Å²) >= 11 is 0. The monoisotopic (exact) mass is 349 g/mol. The number of amides is 2. The Bertz CT molecular complexity index is 864. The number of hydrogen-bond donors (Lipinski definition) is 1. The number of hydrogen-bond acceptors (Lipinski definition) is 4. The second-order valence-electron chi connectivity index (χ2n) is 6.16. The molecule has 1 fully saturated rings. The summed E-state index contributed by atoms with van der Waals surface area (Å²) in [5.41, 5.74) is 0.915. The number of nitrogens with one attached hydrogen (secondary N) is 1. The summed E-state index contributed by atoms with van der Waals surface area (Å²) < 4.78 is 11.2. The summed E-state index contributed by atoms with van der Waals surface area (Å²) in [5.74, 6) is 1.85. The molecular formula is C20H19N3O3. The van der Waals surface area contributed by atoms with E-state index in [1.54, 1.807) is 11.0 Å². The van der Waals surface area contributed by atoms with E-state index >= 15 is 0 Å². The Morgan fingerprint density at radius 2 is 1.85 bits per heavy atom. The van der Waals surface area contributed by atoms with Crippen LogP contribution in [0.5, 0.6) is 5.75 Å². The minimum absolute atomic E-state index is 0.000314. The molecule has 4 rings (SSSR count). The standard InChI is InChI=1S/C20H19N3O3/c24-20(21-19-13-18(26-22-19)15-7-3-1-4-8-15)23-12-11-17(14-23)25-16-9-5-2-6-10-16/h1-10,13,17H,11-12,14H2,(H,21,22,24)/t17-/m0/s1. The lowest BCUT2D eigenvalue weighted by atomic mass is 10.2. The smallest absolute Gasteiger partial charge is 0.323 e. The Morgan fingerprint density at radius 1 is 1.12 bits per heavy atom. The molecule has 1 aromatic heterocycles. The molecule has 0 bridgehead atoms. The van der Waals surface area contributed by atoms with Gasteiger partial charge in [0.2, 0.25) is 0 Å². The lowest BCUT2D eigenvalue weighted by Gasteiger charge is -2.17. The van der Waals surface area contributed by atoms with Gasteiger partial charge in [-0.1, -0.05) is 53.7 Å². The van der Waals surface area contributed by atoms with E-state index in [1.165, 1.54) is 0 Å². The van der Waals surface area contributed by atoms with Crippen LogP contribution in [-0.4, -0.2) is 35.3 Å². The van der Waals surface area contributed by atoms with Crippen molar-refractivity contribution in [2.75, 3.05) is 18.4 Å². The normalized spacial score (nSPS) is 16.5. The molecule has 0 spiro atoms. The fraction of sp³-hybridized carbons (Fsp3) is 0.200. The maximum absolute atomic E-state index is 12.4. The zero-order valence-electron chi connectivity index (χ0n) is 14.2. The molecule has 2 aromatic carbocycles. The quantitative estimate of drug-likeness (QED) is 0.772. The Labute approximate surface area is 151 Å². The Kier molecular flexibility index (Phi) is 4.55. The third kappa shape index (κ3) is 3.69. The molecule has 2 heterocycles. The van der Waals surface area contributed by atoms with Crippen LogP contribution in [0.25, 0.3) is 11.3 Å². The van der Waals surface area contributed by atoms with Gasteiger partial charge in [0, 0.05) is 24.6 Å². The number of benzene rings is 2. The van der Waals surface area contributed by atoms with E-state index in [2.05, 4.69) is 10.5 Å². The Hall–Kier alpha value is -3.28. The van der Waals surface area contributed by atoms with Gasteiger partial charge in [-0.3, -0.25) is 5.32 Å². The molecule has 1 N–H and O–H groups in total. The van der Waals surface area contributed by atoms with Crippen molar-refractivity contribution in [3.63, 3.8) is 0 Å². The number of anilines is 1. The van der Waals surface area contributed by atoms with Crippen molar-refractivity contribution in [1.82, 2.24) is 10.1 Å². The Morgan fingerprint density at radius 3 is 2.62 bits per heavy atom. The summed E-state index contributed by atoms with van der Waals surface area (Å²) in [4.78, 5) is 14.2. The number of carbonyl (C=O) groups excluding carboxylic acids is 1. The highest BCUT2D eigenvalue weighted by atomic mass is 16.5. The summed E-state index contributed by atoms with van der Waals surface area (Å²) in [6.45, 7) is 1.19. The van der Waals surface area contributed by atoms with Crippen LogP contribution in [0.4, 0.5) is 10.6 Å². The molecule has 26 heavy (non-hydrogen) atoms. The van der Waals surface area contributed by atoms with Crippen LogP contribution in [0.3, 0.4) is 0 Å². The Balaban J connectivity index is 1.34. The molecule has 132 valence electrons. The molecule has 3 aromatic rings. The predicted molar refractivity (Wildman–Crippen MR) is 98.0 cm³/mol. The van der Waals surface area contributed by atoms with Crippen molar-refractivity contribution >= 4 is 11.8 Å². The SMILES string of the molecule is O=C(Nc1cc(-c2ccccc2)on1)N1CC[C@H](Oc2ccccc2)C1. The molecule has 1 saturated heterocycles. The lowest BCUT2D eigenvalue weighted by molar-refractivity contribution is 0.194. The van der Waals surface area contributed by atoms with Gasteiger partial charge in [0.05, 0.1) is 6.54 Å². The first-order valence-corrected chi connectivity index (χ1v) is 8.58. The van der Waals surface area contributed by atoms with E-state index in [0.29, 0.717) is 24.7 Å². The zero-order chi connectivity index (χ0) is 17.8. The molecule has 1 aliphatic heterocycles. The van der Waals surface area contributed by atoms with Crippen LogP contribution in [0.1, 0.15) is 6.42 Å². The highest BCUT2D eigenvalue weighted by Gasteiger charge is 2.28. The minimum atomic E-state index is -0.197. The van der Waals surface area contributed by atoms with Gasteiger partial charge >= 0.3 is 6.03 Å². The lowest BCUT2D eigenvalue weighted by Crippen LogP contribution is -2.34. The third-order valence-corrected chi connectivity index (χ3v) is 4.28. The first-order chi connectivity index (χ1) is 12.8. The van der Waals surface area contributed by atoms with Gasteiger partial charge in [0.25, 0.3) is 0 Å². The molecule has 0 saturated carbocycles. The van der Waals surface area contributed by atoms with Gasteiger partial charge < -0.3 is 14.2 Å². The first-order valence-electron chi connectivity index (χ1n) is 8.58. The fourth-order valence-corrected chi connectivity index (χ4v) is 2.96. The number of rotatable bonds is 4. The fourth-order valence-electron chi connectivity index (χ4n) is 2.96. The highest BCUT2D eigenvalue weighted by molar-refractivity contribution is 5.89. The van der Waals surface area contributed by atoms with Crippen LogP contribution in [0.15, 0.2) is 71.3 Å². The molecule has 0 radical (unpaired) electrons. The van der Waals surface area contributed by atoms with E-state index in [1.807, 2.05) is 60.7 Å². The van der Waals surface area contributed by atoms with E-state index in [9.17, 15) is 4.79 Å². The number of aromatic nitrogens is 1. The average Bonchev–Trinajstić information content (AvgIpc) is 3.33. The van der Waals surface area contributed by atoms with Gasteiger partial charge in [-0.05, 0) is 12.1 Å². The maximum Gasteiger partial charge on any atom is 0.323 e. The first kappa shape index (κ1) is 16.2. The van der Waals surface area contributed by atoms with Crippen molar-refractivity contribution in [1.29, 1.82) is 0 Å². The number of urea groups is 1. The highest BCUT2D eigenvalue weighted by Crippen LogP contribution is 2.23. The van der Waals surface area contributed by atoms with Crippen LogP contribution < -0.4 is 10.1 Å². The average molecular weight is 349 g/mol. The van der Waals surface area contributed by atoms with Crippen molar-refractivity contribution < 1.29 is 14.1 Å². The number of ether oxygens (including phenoxy) is 1. The van der Waals surface area contributed by atoms with Gasteiger partial charge in [0.1, 0.15) is 11.9 Å². The van der Waals surface area contributed by atoms with Gasteiger partial charge in [-0.2, -0.15) is 0 Å². The molecular weight excluding hydrogens is 330 g/mol. The second kappa shape index (κ2) is 7.31. The van der Waals surface area contributed by atoms with Crippen LogP contribution >= 0.6 is 0 Å². The summed E-state index contributed by atoms with van der Waals surface area (Å²) in [6.07, 6.45) is 0.802. The predicted octanol–water partition coefficient (Wildman–Crippen LogP) is 4.03. The van der Waals surface area contributed by atoms with E-state index < -0.39 is 0 Å². The van der Waals surface area contributed by atoms with Crippen LogP contribution in [0, 0.1) is 0 Å². The number of likely N-dealkylation sites (tertiary alicyclic amines) is 1.